The van der Waals surface area contributed by atoms with Crippen LogP contribution in [0.15, 0.2) is 0 Å². The van der Waals surface area contributed by atoms with Gasteiger partial charge in [0.15, 0.2) is 0 Å². The van der Waals surface area contributed by atoms with Crippen molar-refractivity contribution in [3.63, 3.8) is 0 Å². The average molecular weight is 244 g/mol. The van der Waals surface area contributed by atoms with Crippen molar-refractivity contribution in [1.82, 2.24) is 4.90 Å². The van der Waals surface area contributed by atoms with Gasteiger partial charge in [-0.25, -0.2) is 0 Å². The molecule has 0 saturated carbocycles. The fraction of sp³-hybridized carbons (Fsp3) is 0.818. The minimum absolute atomic E-state index is 0.0130. The number of amides is 1. The van der Waals surface area contributed by atoms with Gasteiger partial charge >= 0.3 is 0 Å². The van der Waals surface area contributed by atoms with Crippen LogP contribution < -0.4 is 5.73 Å². The molecule has 1 fully saturated rings. The summed E-state index contributed by atoms with van der Waals surface area (Å²) in [6.07, 6.45) is 2.05. The average Bonchev–Trinajstić information content (AvgIpc) is 2.28. The predicted molar refractivity (Wildman–Crippen MR) is 67.1 cm³/mol. The van der Waals surface area contributed by atoms with Crippen LogP contribution >= 0.6 is 12.2 Å². The molecule has 0 aromatic heterocycles. The fourth-order valence-electron chi connectivity index (χ4n) is 1.86. The maximum atomic E-state index is 11.9. The molecule has 2 N–H and O–H groups in total. The van der Waals surface area contributed by atoms with Gasteiger partial charge < -0.3 is 15.4 Å². The topological polar surface area (TPSA) is 55.6 Å². The third kappa shape index (κ3) is 3.72. The molecule has 1 amide bonds. The van der Waals surface area contributed by atoms with Gasteiger partial charge in [-0.05, 0) is 25.7 Å². The quantitative estimate of drug-likeness (QED) is 0.743. The smallest absolute Gasteiger partial charge is 0.231 e. The molecule has 1 rings (SSSR count). The number of hydrogen-bond acceptors (Lipinski definition) is 3. The second kappa shape index (κ2) is 6.15. The highest BCUT2D eigenvalue weighted by Gasteiger charge is 2.23. The highest BCUT2D eigenvalue weighted by molar-refractivity contribution is 7.80. The van der Waals surface area contributed by atoms with Crippen molar-refractivity contribution in [2.45, 2.75) is 19.8 Å². The highest BCUT2D eigenvalue weighted by Crippen LogP contribution is 2.16. The van der Waals surface area contributed by atoms with E-state index in [-0.39, 0.29) is 16.8 Å². The largest absolute Gasteiger partial charge is 0.393 e. The van der Waals surface area contributed by atoms with Gasteiger partial charge in [0.2, 0.25) is 5.91 Å². The lowest BCUT2D eigenvalue weighted by molar-refractivity contribution is -0.132. The Bertz CT molecular complexity index is 265. The number of ether oxygens (including phenoxy) is 1. The van der Waals surface area contributed by atoms with Crippen LogP contribution in [0.2, 0.25) is 0 Å². The van der Waals surface area contributed by atoms with Gasteiger partial charge in [-0.3, -0.25) is 4.79 Å². The molecule has 1 atom stereocenters. The number of nitrogens with zero attached hydrogens (tertiary/aromatic N) is 1. The van der Waals surface area contributed by atoms with Crippen LogP contribution in [-0.2, 0) is 9.53 Å². The standard InChI is InChI=1S/C11H20N2O2S/c1-8(10(12)16)11(14)13(2)7-9-3-5-15-6-4-9/h8-9H,3-7H2,1-2H3,(H2,12,16). The van der Waals surface area contributed by atoms with Crippen molar-refractivity contribution in [2.75, 3.05) is 26.8 Å². The van der Waals surface area contributed by atoms with E-state index in [1.54, 1.807) is 11.8 Å². The molecule has 1 aliphatic rings. The summed E-state index contributed by atoms with van der Waals surface area (Å²) >= 11 is 4.83. The summed E-state index contributed by atoms with van der Waals surface area (Å²) in [6.45, 7) is 4.13. The summed E-state index contributed by atoms with van der Waals surface area (Å²) < 4.78 is 5.28. The van der Waals surface area contributed by atoms with Gasteiger partial charge in [0.1, 0.15) is 0 Å². The van der Waals surface area contributed by atoms with Crippen molar-refractivity contribution in [3.8, 4) is 0 Å². The fourth-order valence-corrected chi connectivity index (χ4v) is 1.96. The zero-order chi connectivity index (χ0) is 12.1. The zero-order valence-electron chi connectivity index (χ0n) is 9.94. The van der Waals surface area contributed by atoms with Gasteiger partial charge in [-0.15, -0.1) is 0 Å². The number of hydrogen-bond donors (Lipinski definition) is 1. The Morgan fingerprint density at radius 3 is 2.62 bits per heavy atom. The Balaban J connectivity index is 2.41. The van der Waals surface area contributed by atoms with E-state index < -0.39 is 0 Å². The van der Waals surface area contributed by atoms with Gasteiger partial charge in [0, 0.05) is 26.8 Å². The summed E-state index contributed by atoms with van der Waals surface area (Å²) in [4.78, 5) is 13.9. The second-order valence-electron chi connectivity index (χ2n) is 4.40. The van der Waals surface area contributed by atoms with E-state index in [1.165, 1.54) is 0 Å². The first kappa shape index (κ1) is 13.4. The Hall–Kier alpha value is -0.680. The first-order chi connectivity index (χ1) is 7.52. The number of thiocarbonyl (C=S) groups is 1. The Morgan fingerprint density at radius 1 is 1.56 bits per heavy atom. The van der Waals surface area contributed by atoms with Crippen LogP contribution in [0.25, 0.3) is 0 Å². The molecule has 1 saturated heterocycles. The van der Waals surface area contributed by atoms with E-state index >= 15 is 0 Å². The van der Waals surface area contributed by atoms with Gasteiger partial charge in [0.25, 0.3) is 0 Å². The number of nitrogens with two attached hydrogens (primary N) is 1. The first-order valence-corrected chi connectivity index (χ1v) is 6.05. The SMILES string of the molecule is CC(C(=O)N(C)CC1CCOCC1)C(N)=S. The molecule has 5 heteroatoms. The zero-order valence-corrected chi connectivity index (χ0v) is 10.8. The third-order valence-corrected chi connectivity index (χ3v) is 3.40. The monoisotopic (exact) mass is 244 g/mol. The van der Waals surface area contributed by atoms with Crippen LogP contribution in [0, 0.1) is 11.8 Å². The van der Waals surface area contributed by atoms with Crippen molar-refractivity contribution < 1.29 is 9.53 Å². The minimum Gasteiger partial charge on any atom is -0.393 e. The van der Waals surface area contributed by atoms with Gasteiger partial charge in [0.05, 0.1) is 10.9 Å². The highest BCUT2D eigenvalue weighted by atomic mass is 32.1. The molecule has 1 aliphatic heterocycles. The molecule has 0 spiro atoms. The van der Waals surface area contributed by atoms with E-state index in [0.717, 1.165) is 32.6 Å². The lowest BCUT2D eigenvalue weighted by atomic mass is 9.99. The van der Waals surface area contributed by atoms with Crippen molar-refractivity contribution in [1.29, 1.82) is 0 Å². The first-order valence-electron chi connectivity index (χ1n) is 5.64. The normalized spacial score (nSPS) is 19.1. The molecule has 4 nitrogen and oxygen atoms in total. The molecule has 0 aliphatic carbocycles. The van der Waals surface area contributed by atoms with Crippen molar-refractivity contribution >= 4 is 23.1 Å². The van der Waals surface area contributed by atoms with Gasteiger partial charge in [-0.1, -0.05) is 12.2 Å². The lowest BCUT2D eigenvalue weighted by Crippen LogP contribution is -2.40. The number of carbonyl (C=O) groups excluding carboxylic acids is 1. The molecule has 0 aromatic rings. The maximum Gasteiger partial charge on any atom is 0.231 e. The molecular weight excluding hydrogens is 224 g/mol. The summed E-state index contributed by atoms with van der Waals surface area (Å²) in [5, 5.41) is 0. The van der Waals surface area contributed by atoms with Crippen LogP contribution in [-0.4, -0.2) is 42.6 Å². The van der Waals surface area contributed by atoms with Crippen molar-refractivity contribution in [2.24, 2.45) is 17.6 Å². The summed E-state index contributed by atoms with van der Waals surface area (Å²) in [6, 6.07) is 0. The lowest BCUT2D eigenvalue weighted by Gasteiger charge is -2.28. The molecule has 0 bridgehead atoms. The second-order valence-corrected chi connectivity index (χ2v) is 4.87. The van der Waals surface area contributed by atoms with Crippen LogP contribution in [0.1, 0.15) is 19.8 Å². The molecule has 16 heavy (non-hydrogen) atoms. The molecule has 0 radical (unpaired) electrons. The summed E-state index contributed by atoms with van der Waals surface area (Å²) in [5.41, 5.74) is 5.47. The van der Waals surface area contributed by atoms with E-state index in [4.69, 9.17) is 22.7 Å². The Kier molecular flexibility index (Phi) is 5.15. The molecular formula is C11H20N2O2S. The third-order valence-electron chi connectivity index (χ3n) is 3.05. The number of carbonyl (C=O) groups is 1. The molecule has 1 heterocycles. The molecule has 1 unspecified atom stereocenters. The number of rotatable bonds is 4. The molecule has 92 valence electrons. The maximum absolute atomic E-state index is 11.9. The summed E-state index contributed by atoms with van der Waals surface area (Å²) in [5.74, 6) is 0.195. The van der Waals surface area contributed by atoms with E-state index in [0.29, 0.717) is 5.92 Å². The van der Waals surface area contributed by atoms with E-state index in [9.17, 15) is 4.79 Å². The van der Waals surface area contributed by atoms with E-state index in [2.05, 4.69) is 0 Å². The Labute approximate surface area is 102 Å². The Morgan fingerprint density at radius 2 is 2.12 bits per heavy atom. The van der Waals surface area contributed by atoms with Crippen LogP contribution in [0.5, 0.6) is 0 Å². The van der Waals surface area contributed by atoms with Crippen LogP contribution in [0.4, 0.5) is 0 Å². The van der Waals surface area contributed by atoms with E-state index in [1.807, 2.05) is 7.05 Å². The van der Waals surface area contributed by atoms with Crippen LogP contribution in [0.3, 0.4) is 0 Å². The van der Waals surface area contributed by atoms with Crippen molar-refractivity contribution in [3.05, 3.63) is 0 Å². The van der Waals surface area contributed by atoms with Gasteiger partial charge in [-0.2, -0.15) is 0 Å². The predicted octanol–water partition coefficient (Wildman–Crippen LogP) is 0.794. The summed E-state index contributed by atoms with van der Waals surface area (Å²) in [7, 11) is 1.81. The minimum atomic E-state index is -0.361. The molecule has 0 aromatic carbocycles.